The summed E-state index contributed by atoms with van der Waals surface area (Å²) in [6.45, 7) is 3.65. The molecule has 3 aromatic heterocycles. The maximum absolute atomic E-state index is 15.5. The lowest BCUT2D eigenvalue weighted by atomic mass is 10.0. The first-order valence-electron chi connectivity index (χ1n) is 12.4. The van der Waals surface area contributed by atoms with Crippen LogP contribution in [0.2, 0.25) is 0 Å². The zero-order valence-corrected chi connectivity index (χ0v) is 21.6. The number of nitro groups is 1. The number of halogens is 2. The lowest BCUT2D eigenvalue weighted by Crippen LogP contribution is -2.16. The van der Waals surface area contributed by atoms with Gasteiger partial charge in [0, 0.05) is 43.5 Å². The molecular formula is C27H20F2N8O4. The molecule has 0 fully saturated rings. The highest BCUT2D eigenvalue weighted by Gasteiger charge is 2.34. The summed E-state index contributed by atoms with van der Waals surface area (Å²) in [4.78, 5) is 41.0. The number of anilines is 3. The molecule has 2 aromatic carbocycles. The van der Waals surface area contributed by atoms with E-state index in [1.54, 1.807) is 28.5 Å². The fourth-order valence-corrected chi connectivity index (χ4v) is 4.90. The van der Waals surface area contributed by atoms with Crippen LogP contribution < -0.4 is 15.0 Å². The van der Waals surface area contributed by atoms with Crippen molar-refractivity contribution >= 4 is 40.0 Å². The first-order valence-corrected chi connectivity index (χ1v) is 12.4. The topological polar surface area (TPSA) is 141 Å². The molecule has 1 aliphatic heterocycles. The number of carbonyl (C=O) groups excluding carboxylic acids is 1. The molecule has 6 rings (SSSR count). The summed E-state index contributed by atoms with van der Waals surface area (Å²) in [6, 6.07) is 9.78. The van der Waals surface area contributed by atoms with Gasteiger partial charge < -0.3 is 19.5 Å². The van der Waals surface area contributed by atoms with Crippen molar-refractivity contribution in [3.05, 3.63) is 82.4 Å². The third-order valence-electron chi connectivity index (χ3n) is 6.55. The third-order valence-corrected chi connectivity index (χ3v) is 6.55. The Balaban J connectivity index is 1.56. The Bertz CT molecular complexity index is 1880. The number of ether oxygens (including phenoxy) is 1. The van der Waals surface area contributed by atoms with Crippen LogP contribution in [-0.4, -0.2) is 41.9 Å². The van der Waals surface area contributed by atoms with Gasteiger partial charge in [0.2, 0.25) is 11.7 Å². The van der Waals surface area contributed by atoms with Crippen LogP contribution in [-0.2, 0) is 11.3 Å². The van der Waals surface area contributed by atoms with Crippen molar-refractivity contribution in [2.45, 2.75) is 20.4 Å². The number of fused-ring (bicyclic) bond motifs is 3. The highest BCUT2D eigenvalue weighted by atomic mass is 19.1. The number of amides is 1. The standard InChI is InChI=1S/C27H20F2N8O4/c1-14-8-9-30-27(33-14)41-20-7-6-16(12-17(20)28)21-22-24(34-15(2)38)31-13-32-25(22)36-11-10-35(26(21)36)18-4-3-5-19(23(18)29)37(39)40/h3-9,12-13H,10-11H2,1-2H3,(H,31,32,34,38). The van der Waals surface area contributed by atoms with Gasteiger partial charge in [-0.2, -0.15) is 4.39 Å². The predicted octanol–water partition coefficient (Wildman–Crippen LogP) is 5.29. The van der Waals surface area contributed by atoms with Crippen LogP contribution in [0.4, 0.5) is 31.8 Å². The molecule has 14 heteroatoms. The van der Waals surface area contributed by atoms with E-state index in [0.717, 1.165) is 6.07 Å². The molecule has 0 unspecified atom stereocenters. The number of carbonyl (C=O) groups is 1. The van der Waals surface area contributed by atoms with Crippen molar-refractivity contribution in [3.63, 3.8) is 0 Å². The van der Waals surface area contributed by atoms with Gasteiger partial charge in [0.1, 0.15) is 23.6 Å². The van der Waals surface area contributed by atoms with E-state index in [4.69, 9.17) is 4.74 Å². The quantitative estimate of drug-likeness (QED) is 0.217. The zero-order chi connectivity index (χ0) is 28.8. The number of rotatable bonds is 6. The Morgan fingerprint density at radius 3 is 2.68 bits per heavy atom. The highest BCUT2D eigenvalue weighted by molar-refractivity contribution is 6.11. The summed E-state index contributed by atoms with van der Waals surface area (Å²) in [5, 5.41) is 14.5. The molecule has 0 aliphatic carbocycles. The largest absolute Gasteiger partial charge is 0.421 e. The van der Waals surface area contributed by atoms with Crippen LogP contribution in [0.5, 0.6) is 11.8 Å². The first kappa shape index (κ1) is 25.7. The summed E-state index contributed by atoms with van der Waals surface area (Å²) in [6.07, 6.45) is 2.77. The number of nitrogens with one attached hydrogen (secondary N) is 1. The Morgan fingerprint density at radius 2 is 1.95 bits per heavy atom. The van der Waals surface area contributed by atoms with E-state index in [1.807, 2.05) is 0 Å². The average molecular weight is 559 g/mol. The monoisotopic (exact) mass is 558 g/mol. The maximum Gasteiger partial charge on any atom is 0.322 e. The lowest BCUT2D eigenvalue weighted by Gasteiger charge is -2.20. The highest BCUT2D eigenvalue weighted by Crippen LogP contribution is 2.48. The first-order chi connectivity index (χ1) is 19.7. The molecule has 12 nitrogen and oxygen atoms in total. The van der Waals surface area contributed by atoms with Crippen LogP contribution in [0.15, 0.2) is 55.0 Å². The van der Waals surface area contributed by atoms with E-state index in [1.165, 1.54) is 43.7 Å². The minimum atomic E-state index is -1.01. The summed E-state index contributed by atoms with van der Waals surface area (Å²) >= 11 is 0. The number of hydrogen-bond donors (Lipinski definition) is 1. The van der Waals surface area contributed by atoms with Crippen molar-refractivity contribution in [2.75, 3.05) is 16.8 Å². The van der Waals surface area contributed by atoms with Crippen LogP contribution in [0.1, 0.15) is 12.6 Å². The second-order valence-corrected chi connectivity index (χ2v) is 9.20. The number of aromatic nitrogens is 5. The number of nitrogens with zero attached hydrogens (tertiary/aromatic N) is 7. The molecule has 4 heterocycles. The van der Waals surface area contributed by atoms with Crippen molar-refractivity contribution in [3.8, 4) is 22.9 Å². The molecule has 0 spiro atoms. The zero-order valence-electron chi connectivity index (χ0n) is 21.6. The van der Waals surface area contributed by atoms with Crippen molar-refractivity contribution < 1.29 is 23.2 Å². The van der Waals surface area contributed by atoms with Crippen molar-refractivity contribution in [2.24, 2.45) is 0 Å². The lowest BCUT2D eigenvalue weighted by molar-refractivity contribution is -0.387. The second-order valence-electron chi connectivity index (χ2n) is 9.20. The number of aryl methyl sites for hydroxylation is 1. The summed E-state index contributed by atoms with van der Waals surface area (Å²) in [5.74, 6) is -1.68. The number of hydrogen-bond acceptors (Lipinski definition) is 9. The Kier molecular flexibility index (Phi) is 6.21. The molecule has 0 saturated carbocycles. The van der Waals surface area contributed by atoms with E-state index in [2.05, 4.69) is 25.3 Å². The van der Waals surface area contributed by atoms with Crippen molar-refractivity contribution in [1.29, 1.82) is 0 Å². The van der Waals surface area contributed by atoms with E-state index >= 15 is 8.78 Å². The van der Waals surface area contributed by atoms with E-state index in [0.29, 0.717) is 40.2 Å². The minimum absolute atomic E-state index is 0.0273. The predicted molar refractivity (Wildman–Crippen MR) is 144 cm³/mol. The molecule has 1 aliphatic rings. The summed E-state index contributed by atoms with van der Waals surface area (Å²) in [7, 11) is 0. The van der Waals surface area contributed by atoms with Crippen molar-refractivity contribution in [1.82, 2.24) is 24.5 Å². The molecule has 0 radical (unpaired) electrons. The summed E-state index contributed by atoms with van der Waals surface area (Å²) in [5.41, 5.74) is 1.08. The van der Waals surface area contributed by atoms with Gasteiger partial charge in [-0.05, 0) is 36.8 Å². The van der Waals surface area contributed by atoms with Gasteiger partial charge in [0.05, 0.1) is 16.0 Å². The molecule has 5 aromatic rings. The average Bonchev–Trinajstić information content (AvgIpc) is 3.49. The Hall–Kier alpha value is -5.53. The molecule has 41 heavy (non-hydrogen) atoms. The number of benzene rings is 2. The SMILES string of the molecule is CC(=O)Nc1ncnc2c1c(-c1ccc(Oc3nccc(C)n3)c(F)c1)c1n2CCN1c1cccc([N+](=O)[O-])c1F. The van der Waals surface area contributed by atoms with Gasteiger partial charge >= 0.3 is 11.7 Å². The third kappa shape index (κ3) is 4.44. The normalized spacial score (nSPS) is 12.4. The van der Waals surface area contributed by atoms with Gasteiger partial charge in [0.25, 0.3) is 0 Å². The van der Waals surface area contributed by atoms with Gasteiger partial charge in [-0.25, -0.2) is 24.3 Å². The smallest absolute Gasteiger partial charge is 0.322 e. The van der Waals surface area contributed by atoms with Gasteiger partial charge in [-0.1, -0.05) is 12.1 Å². The molecule has 0 atom stereocenters. The number of nitro benzene ring substituents is 1. The van der Waals surface area contributed by atoms with E-state index < -0.39 is 28.2 Å². The summed E-state index contributed by atoms with van der Waals surface area (Å²) < 4.78 is 38.2. The fraction of sp³-hybridized carbons (Fsp3) is 0.148. The van der Waals surface area contributed by atoms with Crippen LogP contribution in [0.25, 0.3) is 22.2 Å². The maximum atomic E-state index is 15.5. The molecule has 206 valence electrons. The van der Waals surface area contributed by atoms with Gasteiger partial charge in [-0.3, -0.25) is 14.9 Å². The van der Waals surface area contributed by atoms with Crippen LogP contribution in [0.3, 0.4) is 0 Å². The molecule has 1 amide bonds. The van der Waals surface area contributed by atoms with Gasteiger partial charge in [-0.15, -0.1) is 0 Å². The van der Waals surface area contributed by atoms with E-state index in [9.17, 15) is 14.9 Å². The molecule has 1 N–H and O–H groups in total. The van der Waals surface area contributed by atoms with Crippen LogP contribution >= 0.6 is 0 Å². The molecule has 0 saturated heterocycles. The van der Waals surface area contributed by atoms with E-state index in [-0.39, 0.29) is 29.8 Å². The Labute approximate surface area is 230 Å². The molecule has 0 bridgehead atoms. The second kappa shape index (κ2) is 9.89. The van der Waals surface area contributed by atoms with Gasteiger partial charge in [0.15, 0.2) is 11.6 Å². The fourth-order valence-electron chi connectivity index (χ4n) is 4.90. The molecular weight excluding hydrogens is 538 g/mol. The van der Waals surface area contributed by atoms with Crippen LogP contribution in [0, 0.1) is 28.7 Å². The minimum Gasteiger partial charge on any atom is -0.421 e. The Morgan fingerprint density at radius 1 is 1.12 bits per heavy atom.